The maximum atomic E-state index is 5.55. The minimum atomic E-state index is 0.607. The van der Waals surface area contributed by atoms with Crippen molar-refractivity contribution in [3.05, 3.63) is 23.8 Å². The predicted molar refractivity (Wildman–Crippen MR) is 82.8 cm³/mol. The Balaban J connectivity index is 2.12. The molecule has 1 saturated carbocycles. The Morgan fingerprint density at radius 1 is 1.20 bits per heavy atom. The number of hydrogen-bond donors (Lipinski definition) is 1. The van der Waals surface area contributed by atoms with E-state index in [2.05, 4.69) is 25.2 Å². The van der Waals surface area contributed by atoms with Crippen molar-refractivity contribution in [3.8, 4) is 11.5 Å². The fraction of sp³-hybridized carbons (Fsp3) is 0.647. The van der Waals surface area contributed by atoms with Crippen molar-refractivity contribution in [2.24, 2.45) is 5.92 Å². The summed E-state index contributed by atoms with van der Waals surface area (Å²) in [6, 6.07) is 6.87. The van der Waals surface area contributed by atoms with Gasteiger partial charge >= 0.3 is 0 Å². The maximum Gasteiger partial charge on any atom is 0.126 e. The summed E-state index contributed by atoms with van der Waals surface area (Å²) in [4.78, 5) is 0. The van der Waals surface area contributed by atoms with Crippen molar-refractivity contribution in [3.63, 3.8) is 0 Å². The van der Waals surface area contributed by atoms with Gasteiger partial charge in [-0.25, -0.2) is 0 Å². The average molecular weight is 277 g/mol. The first-order valence-corrected chi connectivity index (χ1v) is 7.70. The first-order valence-electron chi connectivity index (χ1n) is 7.70. The van der Waals surface area contributed by atoms with E-state index >= 15 is 0 Å². The van der Waals surface area contributed by atoms with E-state index in [4.69, 9.17) is 9.47 Å². The fourth-order valence-electron chi connectivity index (χ4n) is 3.32. The molecular formula is C17H27NO2. The molecule has 0 bridgehead atoms. The van der Waals surface area contributed by atoms with Crippen LogP contribution < -0.4 is 14.8 Å². The highest BCUT2D eigenvalue weighted by Crippen LogP contribution is 2.48. The van der Waals surface area contributed by atoms with Gasteiger partial charge in [-0.05, 0) is 42.9 Å². The van der Waals surface area contributed by atoms with Crippen LogP contribution in [0.1, 0.15) is 44.6 Å². The van der Waals surface area contributed by atoms with Gasteiger partial charge in [0.25, 0.3) is 0 Å². The number of nitrogens with one attached hydrogen (secondary N) is 1. The van der Waals surface area contributed by atoms with Gasteiger partial charge in [-0.2, -0.15) is 0 Å². The summed E-state index contributed by atoms with van der Waals surface area (Å²) in [5, 5.41) is 3.66. The van der Waals surface area contributed by atoms with E-state index in [1.165, 1.54) is 24.8 Å². The van der Waals surface area contributed by atoms with Crippen molar-refractivity contribution in [1.29, 1.82) is 0 Å². The van der Waals surface area contributed by atoms with Gasteiger partial charge in [0.2, 0.25) is 0 Å². The maximum absolute atomic E-state index is 5.55. The molecule has 0 amide bonds. The largest absolute Gasteiger partial charge is 0.497 e. The standard InChI is InChI=1S/C17H27NO2/c1-5-9-18-16-11-15(13(16)6-2)14-8-7-12(19-3)10-17(14)20-4/h7-8,10,13,15-16,18H,5-6,9,11H2,1-4H3. The van der Waals surface area contributed by atoms with Crippen molar-refractivity contribution in [2.45, 2.75) is 45.1 Å². The van der Waals surface area contributed by atoms with Crippen LogP contribution in [0.25, 0.3) is 0 Å². The molecule has 3 atom stereocenters. The van der Waals surface area contributed by atoms with Gasteiger partial charge in [0.05, 0.1) is 14.2 Å². The summed E-state index contributed by atoms with van der Waals surface area (Å²) in [7, 11) is 3.43. The highest BCUT2D eigenvalue weighted by molar-refractivity contribution is 5.44. The molecule has 1 aromatic carbocycles. The van der Waals surface area contributed by atoms with Crippen molar-refractivity contribution >= 4 is 0 Å². The molecule has 3 nitrogen and oxygen atoms in total. The molecule has 0 spiro atoms. The third-order valence-electron chi connectivity index (χ3n) is 4.51. The number of rotatable bonds is 7. The summed E-state index contributed by atoms with van der Waals surface area (Å²) in [6.07, 6.45) is 3.62. The quantitative estimate of drug-likeness (QED) is 0.826. The van der Waals surface area contributed by atoms with Gasteiger partial charge in [-0.1, -0.05) is 26.3 Å². The number of benzene rings is 1. The topological polar surface area (TPSA) is 30.5 Å². The zero-order chi connectivity index (χ0) is 14.5. The Kier molecular flexibility index (Phi) is 5.30. The molecule has 112 valence electrons. The van der Waals surface area contributed by atoms with Crippen LogP contribution in [-0.4, -0.2) is 26.8 Å². The van der Waals surface area contributed by atoms with E-state index in [-0.39, 0.29) is 0 Å². The Labute approximate surface area is 122 Å². The molecule has 3 unspecified atom stereocenters. The summed E-state index contributed by atoms with van der Waals surface area (Å²) in [6.45, 7) is 5.62. The number of ether oxygens (including phenoxy) is 2. The lowest BCUT2D eigenvalue weighted by Crippen LogP contribution is -2.49. The lowest BCUT2D eigenvalue weighted by Gasteiger charge is -2.46. The van der Waals surface area contributed by atoms with Crippen LogP contribution in [-0.2, 0) is 0 Å². The molecule has 1 aliphatic rings. The summed E-state index contributed by atoms with van der Waals surface area (Å²) in [5.74, 6) is 3.14. The van der Waals surface area contributed by atoms with Gasteiger partial charge in [0.1, 0.15) is 11.5 Å². The monoisotopic (exact) mass is 277 g/mol. The molecule has 20 heavy (non-hydrogen) atoms. The minimum absolute atomic E-state index is 0.607. The van der Waals surface area contributed by atoms with Gasteiger partial charge in [-0.3, -0.25) is 0 Å². The van der Waals surface area contributed by atoms with Crippen LogP contribution in [0.4, 0.5) is 0 Å². The fourth-order valence-corrected chi connectivity index (χ4v) is 3.32. The molecule has 1 fully saturated rings. The second-order valence-electron chi connectivity index (χ2n) is 5.58. The molecule has 0 aromatic heterocycles. The van der Waals surface area contributed by atoms with Gasteiger partial charge in [-0.15, -0.1) is 0 Å². The molecule has 0 saturated heterocycles. The van der Waals surface area contributed by atoms with E-state index in [0.29, 0.717) is 17.9 Å². The Morgan fingerprint density at radius 3 is 2.60 bits per heavy atom. The normalized spacial score (nSPS) is 25.1. The molecular weight excluding hydrogens is 250 g/mol. The highest BCUT2D eigenvalue weighted by Gasteiger charge is 2.41. The van der Waals surface area contributed by atoms with E-state index < -0.39 is 0 Å². The summed E-state index contributed by atoms with van der Waals surface area (Å²) < 4.78 is 10.8. The molecule has 0 radical (unpaired) electrons. The molecule has 0 aliphatic heterocycles. The summed E-state index contributed by atoms with van der Waals surface area (Å²) in [5.41, 5.74) is 1.33. The minimum Gasteiger partial charge on any atom is -0.497 e. The average Bonchev–Trinajstić information content (AvgIpc) is 2.46. The van der Waals surface area contributed by atoms with E-state index in [9.17, 15) is 0 Å². The van der Waals surface area contributed by atoms with E-state index in [1.807, 2.05) is 12.1 Å². The zero-order valence-electron chi connectivity index (χ0n) is 13.1. The van der Waals surface area contributed by atoms with Gasteiger partial charge < -0.3 is 14.8 Å². The van der Waals surface area contributed by atoms with Crippen LogP contribution in [0.15, 0.2) is 18.2 Å². The first kappa shape index (κ1) is 15.2. The van der Waals surface area contributed by atoms with Crippen LogP contribution in [0.3, 0.4) is 0 Å². The van der Waals surface area contributed by atoms with Crippen LogP contribution >= 0.6 is 0 Å². The van der Waals surface area contributed by atoms with Crippen LogP contribution in [0.2, 0.25) is 0 Å². The molecule has 1 aliphatic carbocycles. The molecule has 2 rings (SSSR count). The zero-order valence-corrected chi connectivity index (χ0v) is 13.1. The van der Waals surface area contributed by atoms with Gasteiger partial charge in [0, 0.05) is 12.1 Å². The van der Waals surface area contributed by atoms with E-state index in [0.717, 1.165) is 18.0 Å². The van der Waals surface area contributed by atoms with Gasteiger partial charge in [0.15, 0.2) is 0 Å². The Bertz CT molecular complexity index is 433. The third-order valence-corrected chi connectivity index (χ3v) is 4.51. The molecule has 0 heterocycles. The summed E-state index contributed by atoms with van der Waals surface area (Å²) >= 11 is 0. The molecule has 1 N–H and O–H groups in total. The second kappa shape index (κ2) is 6.98. The highest BCUT2D eigenvalue weighted by atomic mass is 16.5. The predicted octanol–water partition coefficient (Wildman–Crippen LogP) is 3.59. The lowest BCUT2D eigenvalue weighted by atomic mass is 9.64. The van der Waals surface area contributed by atoms with Crippen LogP contribution in [0.5, 0.6) is 11.5 Å². The Hall–Kier alpha value is -1.22. The number of hydrogen-bond acceptors (Lipinski definition) is 3. The Morgan fingerprint density at radius 2 is 2.00 bits per heavy atom. The van der Waals surface area contributed by atoms with Crippen molar-refractivity contribution in [1.82, 2.24) is 5.32 Å². The second-order valence-corrected chi connectivity index (χ2v) is 5.58. The van der Waals surface area contributed by atoms with E-state index in [1.54, 1.807) is 14.2 Å². The smallest absolute Gasteiger partial charge is 0.126 e. The number of methoxy groups -OCH3 is 2. The van der Waals surface area contributed by atoms with Crippen molar-refractivity contribution < 1.29 is 9.47 Å². The molecule has 3 heteroatoms. The van der Waals surface area contributed by atoms with Crippen molar-refractivity contribution in [2.75, 3.05) is 20.8 Å². The lowest BCUT2D eigenvalue weighted by molar-refractivity contribution is 0.158. The SMILES string of the molecule is CCCNC1CC(c2ccc(OC)cc2OC)C1CC. The first-order chi connectivity index (χ1) is 9.74. The molecule has 1 aromatic rings. The van der Waals surface area contributed by atoms with Crippen LogP contribution in [0, 0.1) is 5.92 Å². The third kappa shape index (κ3) is 2.93.